The molecular formula is C22H19NO2S. The van der Waals surface area contributed by atoms with Crippen molar-refractivity contribution in [2.24, 2.45) is 0 Å². The Kier molecular flexibility index (Phi) is 5.77. The molecule has 0 bridgehead atoms. The summed E-state index contributed by atoms with van der Waals surface area (Å²) in [6.45, 7) is 1.88. The van der Waals surface area contributed by atoms with E-state index in [9.17, 15) is 9.90 Å². The predicted octanol–water partition coefficient (Wildman–Crippen LogP) is 5.74. The average Bonchev–Trinajstić information content (AvgIpc) is 2.66. The number of nitrogens with one attached hydrogen (secondary N) is 1. The van der Waals surface area contributed by atoms with Crippen LogP contribution in [0.3, 0.4) is 0 Å². The molecular weight excluding hydrogens is 342 g/mol. The molecule has 0 spiro atoms. The number of rotatable bonds is 6. The molecule has 3 nitrogen and oxygen atoms in total. The summed E-state index contributed by atoms with van der Waals surface area (Å²) in [6, 6.07) is 24.2. The molecule has 4 heteroatoms. The van der Waals surface area contributed by atoms with Crippen molar-refractivity contribution >= 4 is 23.2 Å². The number of aromatic hydroxyl groups is 1. The van der Waals surface area contributed by atoms with Crippen molar-refractivity contribution in [3.05, 3.63) is 96.2 Å². The van der Waals surface area contributed by atoms with E-state index >= 15 is 0 Å². The third-order valence-electron chi connectivity index (χ3n) is 3.69. The molecule has 3 rings (SSSR count). The molecule has 0 unspecified atom stereocenters. The van der Waals surface area contributed by atoms with E-state index in [1.165, 1.54) is 0 Å². The van der Waals surface area contributed by atoms with Crippen molar-refractivity contribution in [3.63, 3.8) is 0 Å². The minimum Gasteiger partial charge on any atom is -0.508 e. The smallest absolute Gasteiger partial charge is 0.187 e. The highest BCUT2D eigenvalue weighted by Crippen LogP contribution is 2.34. The third-order valence-corrected chi connectivity index (χ3v) is 4.77. The molecule has 3 aromatic carbocycles. The Bertz CT molecular complexity index is 918. The zero-order valence-corrected chi connectivity index (χ0v) is 15.2. The van der Waals surface area contributed by atoms with E-state index in [0.29, 0.717) is 5.56 Å². The maximum Gasteiger partial charge on any atom is 0.187 e. The number of phenols is 1. The van der Waals surface area contributed by atoms with Crippen LogP contribution in [-0.2, 0) is 0 Å². The third kappa shape index (κ3) is 4.77. The van der Waals surface area contributed by atoms with Crippen molar-refractivity contribution in [3.8, 4) is 5.75 Å². The summed E-state index contributed by atoms with van der Waals surface area (Å²) in [5.74, 6) is 0.221. The fraction of sp³-hybridized carbons (Fsp3) is 0.0455. The van der Waals surface area contributed by atoms with Gasteiger partial charge in [0.2, 0.25) is 0 Å². The minimum atomic E-state index is -0.0285. The Morgan fingerprint density at radius 1 is 0.923 bits per heavy atom. The van der Waals surface area contributed by atoms with Crippen LogP contribution in [0.15, 0.2) is 100 Å². The van der Waals surface area contributed by atoms with Crippen LogP contribution < -0.4 is 5.32 Å². The van der Waals surface area contributed by atoms with Crippen LogP contribution in [0.4, 0.5) is 5.69 Å². The Morgan fingerprint density at radius 3 is 2.31 bits per heavy atom. The average molecular weight is 361 g/mol. The molecule has 2 N–H and O–H groups in total. The number of ketones is 1. The van der Waals surface area contributed by atoms with Crippen molar-refractivity contribution in [2.75, 3.05) is 5.32 Å². The van der Waals surface area contributed by atoms with Gasteiger partial charge in [0.1, 0.15) is 5.75 Å². The van der Waals surface area contributed by atoms with E-state index in [1.54, 1.807) is 42.1 Å². The monoisotopic (exact) mass is 361 g/mol. The van der Waals surface area contributed by atoms with E-state index in [-0.39, 0.29) is 11.5 Å². The van der Waals surface area contributed by atoms with Crippen LogP contribution in [-0.4, -0.2) is 10.9 Å². The Morgan fingerprint density at radius 2 is 1.58 bits per heavy atom. The van der Waals surface area contributed by atoms with Crippen LogP contribution >= 0.6 is 11.8 Å². The SMILES string of the molecule is C/C(=C/C(=O)c1ccccc1)Nc1ccccc1Sc1ccc(O)cc1. The number of anilines is 1. The summed E-state index contributed by atoms with van der Waals surface area (Å²) >= 11 is 1.59. The van der Waals surface area contributed by atoms with Crippen LogP contribution in [0.2, 0.25) is 0 Å². The number of carbonyl (C=O) groups is 1. The first-order valence-electron chi connectivity index (χ1n) is 8.22. The van der Waals surface area contributed by atoms with Crippen molar-refractivity contribution in [1.29, 1.82) is 0 Å². The lowest BCUT2D eigenvalue weighted by Crippen LogP contribution is -2.02. The minimum absolute atomic E-state index is 0.0285. The van der Waals surface area contributed by atoms with Gasteiger partial charge in [0.05, 0.1) is 5.69 Å². The van der Waals surface area contributed by atoms with Gasteiger partial charge in [-0.15, -0.1) is 0 Å². The molecule has 0 fully saturated rings. The summed E-state index contributed by atoms with van der Waals surface area (Å²) in [5, 5.41) is 12.7. The number of phenolic OH excluding ortho intramolecular Hbond substituents is 1. The standard InChI is InChI=1S/C22H19NO2S/c1-16(15-21(25)17-7-3-2-4-8-17)23-20-9-5-6-10-22(20)26-19-13-11-18(24)12-14-19/h2-15,23-24H,1H3/b16-15-. The zero-order chi connectivity index (χ0) is 18.4. The first-order chi connectivity index (χ1) is 12.6. The van der Waals surface area contributed by atoms with Gasteiger partial charge < -0.3 is 10.4 Å². The second kappa shape index (κ2) is 8.41. The molecule has 0 atom stereocenters. The summed E-state index contributed by atoms with van der Waals surface area (Å²) in [6.07, 6.45) is 1.61. The van der Waals surface area contributed by atoms with Crippen LogP contribution in [0, 0.1) is 0 Å². The molecule has 0 heterocycles. The largest absolute Gasteiger partial charge is 0.508 e. The Hall–Kier alpha value is -2.98. The Balaban J connectivity index is 1.76. The number of hydrogen-bond acceptors (Lipinski definition) is 4. The van der Waals surface area contributed by atoms with E-state index in [4.69, 9.17) is 0 Å². The molecule has 0 saturated heterocycles. The lowest BCUT2D eigenvalue weighted by atomic mass is 10.1. The summed E-state index contributed by atoms with van der Waals surface area (Å²) in [5.41, 5.74) is 2.37. The molecule has 3 aromatic rings. The highest BCUT2D eigenvalue weighted by atomic mass is 32.2. The van der Waals surface area contributed by atoms with E-state index in [1.807, 2.05) is 61.5 Å². The van der Waals surface area contributed by atoms with Gasteiger partial charge in [0, 0.05) is 27.1 Å². The zero-order valence-electron chi connectivity index (χ0n) is 14.3. The van der Waals surface area contributed by atoms with Crippen molar-refractivity contribution < 1.29 is 9.90 Å². The number of benzene rings is 3. The van der Waals surface area contributed by atoms with Gasteiger partial charge in [-0.2, -0.15) is 0 Å². The van der Waals surface area contributed by atoms with Crippen LogP contribution in [0.25, 0.3) is 0 Å². The maximum atomic E-state index is 12.3. The van der Waals surface area contributed by atoms with Gasteiger partial charge >= 0.3 is 0 Å². The highest BCUT2D eigenvalue weighted by Gasteiger charge is 2.06. The van der Waals surface area contributed by atoms with Crippen LogP contribution in [0.5, 0.6) is 5.75 Å². The molecule has 26 heavy (non-hydrogen) atoms. The lowest BCUT2D eigenvalue weighted by molar-refractivity contribution is 0.104. The number of allylic oxidation sites excluding steroid dienone is 2. The fourth-order valence-electron chi connectivity index (χ4n) is 2.43. The molecule has 0 aromatic heterocycles. The van der Waals surface area contributed by atoms with Gasteiger partial charge in [-0.05, 0) is 43.3 Å². The van der Waals surface area contributed by atoms with E-state index < -0.39 is 0 Å². The van der Waals surface area contributed by atoms with Gasteiger partial charge in [-0.25, -0.2) is 0 Å². The fourth-order valence-corrected chi connectivity index (χ4v) is 3.33. The second-order valence-corrected chi connectivity index (χ2v) is 6.89. The van der Waals surface area contributed by atoms with Gasteiger partial charge in [-0.3, -0.25) is 4.79 Å². The molecule has 0 radical (unpaired) electrons. The lowest BCUT2D eigenvalue weighted by Gasteiger charge is -2.12. The van der Waals surface area contributed by atoms with Gasteiger partial charge in [0.25, 0.3) is 0 Å². The molecule has 0 saturated carbocycles. The molecule has 0 amide bonds. The molecule has 130 valence electrons. The van der Waals surface area contributed by atoms with Gasteiger partial charge in [-0.1, -0.05) is 54.2 Å². The van der Waals surface area contributed by atoms with Crippen LogP contribution in [0.1, 0.15) is 17.3 Å². The van der Waals surface area contributed by atoms with E-state index in [2.05, 4.69) is 5.32 Å². The first-order valence-corrected chi connectivity index (χ1v) is 9.04. The number of hydrogen-bond donors (Lipinski definition) is 2. The topological polar surface area (TPSA) is 49.3 Å². The van der Waals surface area contributed by atoms with E-state index in [0.717, 1.165) is 21.2 Å². The summed E-state index contributed by atoms with van der Waals surface area (Å²) in [7, 11) is 0. The Labute approximate surface area is 157 Å². The van der Waals surface area contributed by atoms with Crippen molar-refractivity contribution in [1.82, 2.24) is 0 Å². The molecule has 0 aliphatic carbocycles. The summed E-state index contributed by atoms with van der Waals surface area (Å²) in [4.78, 5) is 14.4. The predicted molar refractivity (Wildman–Crippen MR) is 107 cm³/mol. The maximum absolute atomic E-state index is 12.3. The first kappa shape index (κ1) is 17.8. The van der Waals surface area contributed by atoms with Crippen molar-refractivity contribution in [2.45, 2.75) is 16.7 Å². The molecule has 0 aliphatic heterocycles. The van der Waals surface area contributed by atoms with Gasteiger partial charge in [0.15, 0.2) is 5.78 Å². The highest BCUT2D eigenvalue weighted by molar-refractivity contribution is 7.99. The summed E-state index contributed by atoms with van der Waals surface area (Å²) < 4.78 is 0. The number of carbonyl (C=O) groups excluding carboxylic acids is 1. The number of para-hydroxylation sites is 1. The second-order valence-electron chi connectivity index (χ2n) is 5.77. The normalized spacial score (nSPS) is 11.2. The quantitative estimate of drug-likeness (QED) is 0.434. The molecule has 0 aliphatic rings.